The Labute approximate surface area is 68.0 Å². The molecule has 0 saturated carbocycles. The third kappa shape index (κ3) is 2.85. The van der Waals surface area contributed by atoms with Gasteiger partial charge in [-0.25, -0.2) is 15.6 Å². The molecule has 0 aliphatic carbocycles. The van der Waals surface area contributed by atoms with E-state index < -0.39 is 6.09 Å². The minimum absolute atomic E-state index is 0.0211. The van der Waals surface area contributed by atoms with E-state index in [1.807, 2.05) is 0 Å². The first-order chi connectivity index (χ1) is 4.09. The number of carbonyl (C=O) groups excluding carboxylic acids is 1. The molecule has 0 aromatic carbocycles. The third-order valence-electron chi connectivity index (χ3n) is 0.833. The van der Waals surface area contributed by atoms with Crippen molar-refractivity contribution < 1.29 is 7.86 Å². The van der Waals surface area contributed by atoms with Crippen LogP contribution >= 0.6 is 23.0 Å². The summed E-state index contributed by atoms with van der Waals surface area (Å²) < 4.78 is 4.31. The topological polar surface area (TPSA) is 55.6 Å². The van der Waals surface area contributed by atoms with Crippen LogP contribution in [0.1, 0.15) is 13.8 Å². The Kier molecular flexibility index (Phi) is 3.87. The Balaban J connectivity index is 3.72. The predicted octanol–water partition coefficient (Wildman–Crippen LogP) is 1.06. The van der Waals surface area contributed by atoms with Crippen molar-refractivity contribution in [2.45, 2.75) is 19.9 Å². The zero-order chi connectivity index (χ0) is 7.44. The van der Waals surface area contributed by atoms with Gasteiger partial charge in [0.2, 0.25) is 0 Å². The Morgan fingerprint density at radius 3 is 2.33 bits per heavy atom. The molecule has 1 amide bonds. The number of hydrogen-bond acceptors (Lipinski definition) is 3. The van der Waals surface area contributed by atoms with Crippen LogP contribution < -0.4 is 5.84 Å². The molecule has 4 nitrogen and oxygen atoms in total. The van der Waals surface area contributed by atoms with Crippen LogP contribution in [0.3, 0.4) is 0 Å². The maximum atomic E-state index is 10.5. The lowest BCUT2D eigenvalue weighted by atomic mass is 10.4. The molecule has 0 saturated heterocycles. The summed E-state index contributed by atoms with van der Waals surface area (Å²) in [5, 5.41) is 1.02. The van der Waals surface area contributed by atoms with E-state index in [4.69, 9.17) is 5.84 Å². The number of halogens is 1. The van der Waals surface area contributed by atoms with Crippen LogP contribution in [0.4, 0.5) is 4.79 Å². The molecule has 5 heteroatoms. The zero-order valence-electron chi connectivity index (χ0n) is 5.30. The minimum atomic E-state index is -0.523. The van der Waals surface area contributed by atoms with E-state index in [1.54, 1.807) is 13.8 Å². The summed E-state index contributed by atoms with van der Waals surface area (Å²) in [7, 11) is 0. The standard InChI is InChI=1S/C4H9IN2O2/c1-3(2)7(6)4(8)9-5/h3H,6H2,1-2H3. The fraction of sp³-hybridized carbons (Fsp3) is 0.750. The fourth-order valence-corrected chi connectivity index (χ4v) is 0.478. The first-order valence-electron chi connectivity index (χ1n) is 2.46. The molecule has 0 unspecified atom stereocenters. The molecule has 0 rings (SSSR count). The van der Waals surface area contributed by atoms with Crippen LogP contribution in [0.5, 0.6) is 0 Å². The molecule has 54 valence electrons. The van der Waals surface area contributed by atoms with Gasteiger partial charge in [-0.3, -0.25) is 0 Å². The Morgan fingerprint density at radius 1 is 1.78 bits per heavy atom. The van der Waals surface area contributed by atoms with Crippen molar-refractivity contribution in [3.8, 4) is 0 Å². The molecule has 0 radical (unpaired) electrons. The molecule has 0 aromatic heterocycles. The molecule has 0 heterocycles. The number of carbonyl (C=O) groups is 1. The number of rotatable bonds is 1. The Hall–Kier alpha value is -0.0400. The second kappa shape index (κ2) is 3.89. The van der Waals surface area contributed by atoms with E-state index >= 15 is 0 Å². The molecule has 0 aliphatic heterocycles. The smallest absolute Gasteiger partial charge is 0.377 e. The first kappa shape index (κ1) is 8.96. The van der Waals surface area contributed by atoms with Gasteiger partial charge in [0.15, 0.2) is 23.0 Å². The second-order valence-corrected chi connectivity index (χ2v) is 2.28. The highest BCUT2D eigenvalue weighted by Crippen LogP contribution is 1.97. The summed E-state index contributed by atoms with van der Waals surface area (Å²) >= 11 is 1.49. The van der Waals surface area contributed by atoms with E-state index in [2.05, 4.69) is 3.07 Å². The van der Waals surface area contributed by atoms with Crippen molar-refractivity contribution in [1.29, 1.82) is 0 Å². The maximum Gasteiger partial charge on any atom is 0.433 e. The summed E-state index contributed by atoms with van der Waals surface area (Å²) in [6.07, 6.45) is -0.523. The second-order valence-electron chi connectivity index (χ2n) is 1.84. The quantitative estimate of drug-likeness (QED) is 0.324. The molecule has 2 N–H and O–H groups in total. The van der Waals surface area contributed by atoms with Crippen molar-refractivity contribution >= 4 is 29.1 Å². The van der Waals surface area contributed by atoms with Crippen LogP contribution in [0.2, 0.25) is 0 Å². The van der Waals surface area contributed by atoms with Gasteiger partial charge >= 0.3 is 6.09 Å². The van der Waals surface area contributed by atoms with Gasteiger partial charge in [-0.05, 0) is 13.8 Å². The molecule has 0 bridgehead atoms. The van der Waals surface area contributed by atoms with Crippen LogP contribution in [-0.4, -0.2) is 17.1 Å². The maximum absolute atomic E-state index is 10.5. The van der Waals surface area contributed by atoms with E-state index in [0.29, 0.717) is 0 Å². The van der Waals surface area contributed by atoms with Crippen molar-refractivity contribution in [3.63, 3.8) is 0 Å². The Bertz CT molecular complexity index is 107. The SMILES string of the molecule is CC(C)N(N)C(=O)OI. The largest absolute Gasteiger partial charge is 0.433 e. The van der Waals surface area contributed by atoms with E-state index in [0.717, 1.165) is 5.01 Å². The summed E-state index contributed by atoms with van der Waals surface area (Å²) in [5.41, 5.74) is 0. The van der Waals surface area contributed by atoms with E-state index in [9.17, 15) is 4.79 Å². The van der Waals surface area contributed by atoms with Gasteiger partial charge in [0, 0.05) is 6.04 Å². The molecular weight excluding hydrogens is 235 g/mol. The third-order valence-corrected chi connectivity index (χ3v) is 1.21. The number of amides is 1. The highest BCUT2D eigenvalue weighted by atomic mass is 127. The van der Waals surface area contributed by atoms with Crippen molar-refractivity contribution in [2.75, 3.05) is 0 Å². The monoisotopic (exact) mass is 244 g/mol. The molecule has 9 heavy (non-hydrogen) atoms. The fourth-order valence-electron chi connectivity index (χ4n) is 0.251. The molecule has 0 aliphatic rings. The average Bonchev–Trinajstić information content (AvgIpc) is 1.84. The lowest BCUT2D eigenvalue weighted by molar-refractivity contribution is 0.154. The Morgan fingerprint density at radius 2 is 2.22 bits per heavy atom. The molecule has 0 atom stereocenters. The normalized spacial score (nSPS) is 9.44. The number of hydrogen-bond donors (Lipinski definition) is 1. The van der Waals surface area contributed by atoms with Gasteiger partial charge < -0.3 is 3.07 Å². The number of nitrogens with zero attached hydrogens (tertiary/aromatic N) is 1. The number of nitrogens with two attached hydrogens (primary N) is 1. The summed E-state index contributed by atoms with van der Waals surface area (Å²) in [6, 6.07) is -0.0211. The van der Waals surface area contributed by atoms with Gasteiger partial charge in [0.05, 0.1) is 0 Å². The molecular formula is C4H9IN2O2. The van der Waals surface area contributed by atoms with Crippen LogP contribution in [0.25, 0.3) is 0 Å². The van der Waals surface area contributed by atoms with Crippen molar-refractivity contribution in [3.05, 3.63) is 0 Å². The first-order valence-corrected chi connectivity index (χ1v) is 3.34. The summed E-state index contributed by atoms with van der Waals surface area (Å²) in [5.74, 6) is 5.22. The van der Waals surface area contributed by atoms with Gasteiger partial charge in [0.25, 0.3) is 0 Å². The molecule has 0 spiro atoms. The van der Waals surface area contributed by atoms with Gasteiger partial charge in [-0.1, -0.05) is 0 Å². The lowest BCUT2D eigenvalue weighted by Gasteiger charge is -2.17. The van der Waals surface area contributed by atoms with E-state index in [1.165, 1.54) is 23.0 Å². The van der Waals surface area contributed by atoms with E-state index in [-0.39, 0.29) is 6.04 Å². The van der Waals surface area contributed by atoms with Gasteiger partial charge in [0.1, 0.15) is 0 Å². The van der Waals surface area contributed by atoms with Gasteiger partial charge in [-0.15, -0.1) is 0 Å². The van der Waals surface area contributed by atoms with Crippen LogP contribution in [0.15, 0.2) is 0 Å². The van der Waals surface area contributed by atoms with Crippen LogP contribution in [-0.2, 0) is 3.07 Å². The molecule has 0 aromatic rings. The predicted molar refractivity (Wildman–Crippen MR) is 41.7 cm³/mol. The minimum Gasteiger partial charge on any atom is -0.377 e. The van der Waals surface area contributed by atoms with Crippen molar-refractivity contribution in [1.82, 2.24) is 5.01 Å². The average molecular weight is 244 g/mol. The number of hydrazine groups is 1. The van der Waals surface area contributed by atoms with Crippen molar-refractivity contribution in [2.24, 2.45) is 5.84 Å². The summed E-state index contributed by atoms with van der Waals surface area (Å²) in [6.45, 7) is 3.60. The highest BCUT2D eigenvalue weighted by molar-refractivity contribution is 14.1. The molecule has 0 fully saturated rings. The summed E-state index contributed by atoms with van der Waals surface area (Å²) in [4.78, 5) is 10.5. The highest BCUT2D eigenvalue weighted by Gasteiger charge is 2.11. The van der Waals surface area contributed by atoms with Crippen LogP contribution in [0, 0.1) is 0 Å². The zero-order valence-corrected chi connectivity index (χ0v) is 7.45. The lowest BCUT2D eigenvalue weighted by Crippen LogP contribution is -2.41. The van der Waals surface area contributed by atoms with Gasteiger partial charge in [-0.2, -0.15) is 0 Å².